The van der Waals surface area contributed by atoms with Crippen molar-refractivity contribution in [2.75, 3.05) is 39.8 Å². The van der Waals surface area contributed by atoms with Gasteiger partial charge in [-0.15, -0.1) is 0 Å². The number of hydrogen-bond donors (Lipinski definition) is 1. The van der Waals surface area contributed by atoms with Crippen LogP contribution in [0.15, 0.2) is 0 Å². The van der Waals surface area contributed by atoms with Gasteiger partial charge in [-0.05, 0) is 7.05 Å². The molecule has 1 aliphatic heterocycles. The second-order valence-corrected chi connectivity index (χ2v) is 4.06. The van der Waals surface area contributed by atoms with E-state index in [4.69, 9.17) is 5.11 Å². The molecule has 0 radical (unpaired) electrons. The molecule has 1 heterocycles. The zero-order valence-electron chi connectivity index (χ0n) is 9.00. The number of likely N-dealkylation sites (tertiary alicyclic amines) is 1. The number of alkyl halides is 3. The third-order valence-electron chi connectivity index (χ3n) is 2.54. The number of aliphatic hydroxyl groups is 1. The molecule has 1 N–H and O–H groups in total. The molecule has 1 rings (SSSR count). The van der Waals surface area contributed by atoms with Crippen molar-refractivity contribution in [3.8, 4) is 0 Å². The normalized spacial score (nSPS) is 17.8. The molecule has 1 aliphatic rings. The van der Waals surface area contributed by atoms with E-state index in [1.54, 1.807) is 7.05 Å². The molecule has 1 amide bonds. The highest BCUT2D eigenvalue weighted by Gasteiger charge is 2.46. The summed E-state index contributed by atoms with van der Waals surface area (Å²) in [7, 11) is 1.78. The molecule has 0 atom stereocenters. The number of hydrogen-bond acceptors (Lipinski definition) is 3. The SMILES string of the molecule is CN(CCO)CC1CN(C(=O)C(F)(F)F)C1. The summed E-state index contributed by atoms with van der Waals surface area (Å²) in [5.41, 5.74) is 0. The van der Waals surface area contributed by atoms with Gasteiger partial charge in [0.15, 0.2) is 0 Å². The summed E-state index contributed by atoms with van der Waals surface area (Å²) in [4.78, 5) is 13.4. The largest absolute Gasteiger partial charge is 0.471 e. The van der Waals surface area contributed by atoms with Crippen molar-refractivity contribution in [2.24, 2.45) is 5.92 Å². The Hall–Kier alpha value is -0.820. The number of likely N-dealkylation sites (N-methyl/N-ethyl adjacent to an activating group) is 1. The summed E-state index contributed by atoms with van der Waals surface area (Å²) in [6, 6.07) is 0. The van der Waals surface area contributed by atoms with Gasteiger partial charge in [0.25, 0.3) is 0 Å². The highest BCUT2D eigenvalue weighted by Crippen LogP contribution is 2.24. The minimum atomic E-state index is -4.76. The lowest BCUT2D eigenvalue weighted by molar-refractivity contribution is -0.191. The van der Waals surface area contributed by atoms with Crippen molar-refractivity contribution in [2.45, 2.75) is 6.18 Å². The van der Waals surface area contributed by atoms with Crippen molar-refractivity contribution in [1.82, 2.24) is 9.80 Å². The summed E-state index contributed by atoms with van der Waals surface area (Å²) >= 11 is 0. The van der Waals surface area contributed by atoms with Crippen molar-refractivity contribution in [3.05, 3.63) is 0 Å². The van der Waals surface area contributed by atoms with Crippen LogP contribution in [0.5, 0.6) is 0 Å². The molecule has 94 valence electrons. The van der Waals surface area contributed by atoms with Gasteiger partial charge < -0.3 is 14.9 Å². The van der Waals surface area contributed by atoms with Crippen molar-refractivity contribution in [3.63, 3.8) is 0 Å². The van der Waals surface area contributed by atoms with E-state index in [1.807, 2.05) is 4.90 Å². The number of aliphatic hydroxyl groups excluding tert-OH is 1. The Bertz CT molecular complexity index is 252. The standard InChI is InChI=1S/C9H15F3N2O2/c1-13(2-3-15)4-7-5-14(6-7)8(16)9(10,11)12/h7,15H,2-6H2,1H3. The summed E-state index contributed by atoms with van der Waals surface area (Å²) in [6.45, 7) is 1.41. The van der Waals surface area contributed by atoms with Gasteiger partial charge in [-0.3, -0.25) is 4.79 Å². The fraction of sp³-hybridized carbons (Fsp3) is 0.889. The predicted molar refractivity (Wildman–Crippen MR) is 50.7 cm³/mol. The lowest BCUT2D eigenvalue weighted by Gasteiger charge is -2.41. The molecule has 16 heavy (non-hydrogen) atoms. The molecule has 0 aliphatic carbocycles. The maximum atomic E-state index is 12.0. The molecule has 4 nitrogen and oxygen atoms in total. The summed E-state index contributed by atoms with van der Waals surface area (Å²) in [5, 5.41) is 8.63. The number of amides is 1. The molecule has 0 aromatic carbocycles. The van der Waals surface area contributed by atoms with Gasteiger partial charge in [0, 0.05) is 32.1 Å². The summed E-state index contributed by atoms with van der Waals surface area (Å²) < 4.78 is 36.0. The van der Waals surface area contributed by atoms with E-state index < -0.39 is 12.1 Å². The van der Waals surface area contributed by atoms with E-state index in [2.05, 4.69) is 0 Å². The maximum Gasteiger partial charge on any atom is 0.471 e. The van der Waals surface area contributed by atoms with Crippen LogP contribution in [0, 0.1) is 5.92 Å². The van der Waals surface area contributed by atoms with Gasteiger partial charge in [-0.2, -0.15) is 13.2 Å². The molecular weight excluding hydrogens is 225 g/mol. The van der Waals surface area contributed by atoms with E-state index in [0.29, 0.717) is 13.1 Å². The van der Waals surface area contributed by atoms with Gasteiger partial charge in [0.1, 0.15) is 0 Å². The van der Waals surface area contributed by atoms with Gasteiger partial charge in [0.2, 0.25) is 0 Å². The van der Waals surface area contributed by atoms with Crippen LogP contribution in [0.2, 0.25) is 0 Å². The van der Waals surface area contributed by atoms with E-state index in [1.165, 1.54) is 0 Å². The summed E-state index contributed by atoms with van der Waals surface area (Å²) in [6.07, 6.45) is -4.76. The van der Waals surface area contributed by atoms with Crippen LogP contribution in [0.25, 0.3) is 0 Å². The van der Waals surface area contributed by atoms with Crippen LogP contribution in [0.1, 0.15) is 0 Å². The highest BCUT2D eigenvalue weighted by molar-refractivity contribution is 5.82. The average Bonchev–Trinajstić information content (AvgIpc) is 2.08. The van der Waals surface area contributed by atoms with Crippen molar-refractivity contribution >= 4 is 5.91 Å². The Balaban J connectivity index is 2.25. The highest BCUT2D eigenvalue weighted by atomic mass is 19.4. The van der Waals surface area contributed by atoms with Crippen LogP contribution in [-0.2, 0) is 4.79 Å². The Kier molecular flexibility index (Phi) is 4.15. The quantitative estimate of drug-likeness (QED) is 0.748. The van der Waals surface area contributed by atoms with Crippen LogP contribution < -0.4 is 0 Å². The molecule has 0 unspecified atom stereocenters. The topological polar surface area (TPSA) is 43.8 Å². The molecule has 0 aromatic rings. The second kappa shape index (κ2) is 5.01. The second-order valence-electron chi connectivity index (χ2n) is 4.06. The maximum absolute atomic E-state index is 12.0. The fourth-order valence-electron chi connectivity index (χ4n) is 1.73. The Morgan fingerprint density at radius 2 is 2.06 bits per heavy atom. The first-order chi connectivity index (χ1) is 7.34. The first kappa shape index (κ1) is 13.2. The Labute approximate surface area is 91.6 Å². The van der Waals surface area contributed by atoms with E-state index in [0.717, 1.165) is 4.90 Å². The van der Waals surface area contributed by atoms with E-state index in [9.17, 15) is 18.0 Å². The zero-order chi connectivity index (χ0) is 12.3. The monoisotopic (exact) mass is 240 g/mol. The van der Waals surface area contributed by atoms with Crippen molar-refractivity contribution < 1.29 is 23.1 Å². The number of carbonyl (C=O) groups excluding carboxylic acids is 1. The molecule has 0 spiro atoms. The molecule has 1 saturated heterocycles. The number of nitrogens with zero attached hydrogens (tertiary/aromatic N) is 2. The number of carbonyl (C=O) groups is 1. The Morgan fingerprint density at radius 3 is 2.50 bits per heavy atom. The first-order valence-electron chi connectivity index (χ1n) is 5.00. The van der Waals surface area contributed by atoms with Gasteiger partial charge in [0.05, 0.1) is 6.61 Å². The first-order valence-corrected chi connectivity index (χ1v) is 5.00. The zero-order valence-corrected chi connectivity index (χ0v) is 9.00. The molecule has 1 fully saturated rings. The minimum Gasteiger partial charge on any atom is -0.395 e. The fourth-order valence-corrected chi connectivity index (χ4v) is 1.73. The van der Waals surface area contributed by atoms with Crippen LogP contribution >= 0.6 is 0 Å². The molecule has 7 heteroatoms. The minimum absolute atomic E-state index is 0.0222. The predicted octanol–water partition coefficient (Wildman–Crippen LogP) is -0.0688. The summed E-state index contributed by atoms with van der Waals surface area (Å²) in [5.74, 6) is -1.68. The van der Waals surface area contributed by atoms with Crippen LogP contribution in [-0.4, -0.2) is 66.8 Å². The van der Waals surface area contributed by atoms with Crippen LogP contribution in [0.4, 0.5) is 13.2 Å². The number of halogens is 3. The average molecular weight is 240 g/mol. The molecule has 0 saturated carbocycles. The van der Waals surface area contributed by atoms with Gasteiger partial charge in [-0.25, -0.2) is 0 Å². The third kappa shape index (κ3) is 3.34. The third-order valence-corrected chi connectivity index (χ3v) is 2.54. The van der Waals surface area contributed by atoms with Crippen molar-refractivity contribution in [1.29, 1.82) is 0 Å². The van der Waals surface area contributed by atoms with Gasteiger partial charge >= 0.3 is 12.1 Å². The van der Waals surface area contributed by atoms with Crippen LogP contribution in [0.3, 0.4) is 0 Å². The van der Waals surface area contributed by atoms with Gasteiger partial charge in [-0.1, -0.05) is 0 Å². The smallest absolute Gasteiger partial charge is 0.395 e. The molecule has 0 aromatic heterocycles. The lowest BCUT2D eigenvalue weighted by atomic mass is 9.99. The lowest BCUT2D eigenvalue weighted by Crippen LogP contribution is -2.57. The van der Waals surface area contributed by atoms with E-state index in [-0.39, 0.29) is 25.6 Å². The molecular formula is C9H15F3N2O2. The molecule has 0 bridgehead atoms. The number of rotatable bonds is 4. The Morgan fingerprint density at radius 1 is 1.50 bits per heavy atom. The van der Waals surface area contributed by atoms with E-state index >= 15 is 0 Å².